The quantitative estimate of drug-likeness (QED) is 0.175. The highest BCUT2D eigenvalue weighted by Crippen LogP contribution is 2.39. The van der Waals surface area contributed by atoms with E-state index in [1.807, 2.05) is 19.2 Å². The number of pyridine rings is 2. The van der Waals surface area contributed by atoms with Crippen molar-refractivity contribution in [3.63, 3.8) is 0 Å². The highest BCUT2D eigenvalue weighted by Gasteiger charge is 2.41. The SMILES string of the molecule is Cc1ccc(F)c2cc(NC3CCC4(CC3)OCCO4)ncc12.Cc1ccc(OC2CCCC2)c2cc(NC3CCC4(CC3)OCCO4)ncc12.OC1CCCC1. The normalized spacial score (nSPS) is 23.4. The van der Waals surface area contributed by atoms with Gasteiger partial charge in [-0.2, -0.15) is 0 Å². The van der Waals surface area contributed by atoms with Crippen LogP contribution < -0.4 is 15.4 Å². The molecule has 0 unspecified atom stereocenters. The zero-order chi connectivity index (χ0) is 39.2. The van der Waals surface area contributed by atoms with Crippen LogP contribution in [0.2, 0.25) is 0 Å². The van der Waals surface area contributed by atoms with E-state index >= 15 is 0 Å². The van der Waals surface area contributed by atoms with Gasteiger partial charge in [0.25, 0.3) is 0 Å². The lowest BCUT2D eigenvalue weighted by atomic mass is 9.90. The van der Waals surface area contributed by atoms with E-state index in [0.717, 1.165) is 106 Å². The molecule has 2 saturated heterocycles. The number of hydrogen-bond donors (Lipinski definition) is 3. The molecule has 0 amide bonds. The lowest BCUT2D eigenvalue weighted by Crippen LogP contribution is -2.39. The van der Waals surface area contributed by atoms with Crippen LogP contribution in [-0.2, 0) is 18.9 Å². The molecular formula is C46H61FN4O6. The lowest BCUT2D eigenvalue weighted by Gasteiger charge is -2.35. The van der Waals surface area contributed by atoms with Gasteiger partial charge in [0.2, 0.25) is 0 Å². The van der Waals surface area contributed by atoms with Crippen LogP contribution in [0.25, 0.3) is 21.5 Å². The van der Waals surface area contributed by atoms with Gasteiger partial charge in [0.1, 0.15) is 23.2 Å². The van der Waals surface area contributed by atoms with E-state index in [9.17, 15) is 4.39 Å². The molecule has 10 nitrogen and oxygen atoms in total. The van der Waals surface area contributed by atoms with Crippen LogP contribution in [-0.4, -0.2) is 77.4 Å². The van der Waals surface area contributed by atoms with E-state index in [1.54, 1.807) is 12.3 Å². The molecule has 4 aromatic rings. The Hall–Kier alpha value is -3.61. The smallest absolute Gasteiger partial charge is 0.168 e. The van der Waals surface area contributed by atoms with Gasteiger partial charge in [0.15, 0.2) is 11.6 Å². The summed E-state index contributed by atoms with van der Waals surface area (Å²) in [5.41, 5.74) is 2.28. The monoisotopic (exact) mass is 784 g/mol. The highest BCUT2D eigenvalue weighted by molar-refractivity contribution is 5.92. The first-order valence-electron chi connectivity index (χ1n) is 21.6. The van der Waals surface area contributed by atoms with E-state index in [0.29, 0.717) is 36.8 Å². The van der Waals surface area contributed by atoms with Gasteiger partial charge in [-0.25, -0.2) is 14.4 Å². The number of anilines is 2. The highest BCUT2D eigenvalue weighted by atomic mass is 19.1. The van der Waals surface area contributed by atoms with Crippen LogP contribution in [0.1, 0.15) is 114 Å². The molecular weight excluding hydrogens is 724 g/mol. The minimum absolute atomic E-state index is 0.0463. The number of nitrogens with one attached hydrogen (secondary N) is 2. The summed E-state index contributed by atoms with van der Waals surface area (Å²) in [7, 11) is 0. The zero-order valence-electron chi connectivity index (χ0n) is 33.8. The molecule has 2 spiro atoms. The molecule has 0 radical (unpaired) electrons. The van der Waals surface area contributed by atoms with Crippen molar-refractivity contribution in [3.05, 3.63) is 65.7 Å². The second-order valence-corrected chi connectivity index (χ2v) is 17.0. The van der Waals surface area contributed by atoms with Gasteiger partial charge in [0.05, 0.1) is 38.6 Å². The minimum atomic E-state index is -0.349. The van der Waals surface area contributed by atoms with Gasteiger partial charge in [-0.15, -0.1) is 0 Å². The standard InChI is InChI=1S/C23H30N2O3.C18H21FN2O2.C5H10O/c1-16-6-7-21(28-18-4-2-3-5-18)19-14-22(24-15-20(16)19)25-17-8-10-23(11-9-17)26-12-13-27-23;1-12-2-3-16(19)14-10-17(20-11-15(12)14)21-13-4-6-18(7-5-13)22-8-9-23-18;6-5-3-1-2-4-5/h6-7,14-15,17-18H,2-5,8-13H2,1H3,(H,24,25);2-3,10-11,13H,4-9H2,1H3,(H,20,21);5-6H,1-4H2. The summed E-state index contributed by atoms with van der Waals surface area (Å²) in [5.74, 6) is 1.80. The number of rotatable bonds is 6. The van der Waals surface area contributed by atoms with Crippen molar-refractivity contribution in [2.75, 3.05) is 37.1 Å². The number of benzene rings is 2. The summed E-state index contributed by atoms with van der Waals surface area (Å²) >= 11 is 0. The maximum atomic E-state index is 14.0. The van der Waals surface area contributed by atoms with Gasteiger partial charge >= 0.3 is 0 Å². The fraction of sp³-hybridized carbons (Fsp3) is 0.609. The van der Waals surface area contributed by atoms with Crippen LogP contribution in [0.4, 0.5) is 16.0 Å². The van der Waals surface area contributed by atoms with Gasteiger partial charge < -0.3 is 39.4 Å². The number of aryl methyl sites for hydroxylation is 2. The Morgan fingerprint density at radius 3 is 1.56 bits per heavy atom. The maximum Gasteiger partial charge on any atom is 0.168 e. The van der Waals surface area contributed by atoms with Gasteiger partial charge in [-0.1, -0.05) is 25.0 Å². The average molecular weight is 785 g/mol. The van der Waals surface area contributed by atoms with Gasteiger partial charge in [-0.05, 0) is 113 Å². The van der Waals surface area contributed by atoms with Gasteiger partial charge in [0, 0.05) is 71.7 Å². The molecule has 4 aliphatic carbocycles. The Bertz CT molecular complexity index is 1930. The predicted octanol–water partition coefficient (Wildman–Crippen LogP) is 9.66. The van der Waals surface area contributed by atoms with Crippen LogP contribution in [0, 0.1) is 19.7 Å². The predicted molar refractivity (Wildman–Crippen MR) is 221 cm³/mol. The van der Waals surface area contributed by atoms with Crippen molar-refractivity contribution in [1.82, 2.24) is 9.97 Å². The van der Waals surface area contributed by atoms with Crippen molar-refractivity contribution < 1.29 is 33.2 Å². The fourth-order valence-electron chi connectivity index (χ4n) is 9.44. The molecule has 3 N–H and O–H groups in total. The number of aliphatic hydroxyl groups excluding tert-OH is 1. The van der Waals surface area contributed by atoms with Crippen molar-refractivity contribution in [3.8, 4) is 5.75 Å². The molecule has 2 aromatic heterocycles. The zero-order valence-corrected chi connectivity index (χ0v) is 33.8. The molecule has 4 heterocycles. The summed E-state index contributed by atoms with van der Waals surface area (Å²) in [5, 5.41) is 19.6. The Labute approximate surface area is 336 Å². The largest absolute Gasteiger partial charge is 0.490 e. The second kappa shape index (κ2) is 18.1. The number of ether oxygens (including phenoxy) is 5. The third kappa shape index (κ3) is 9.82. The fourth-order valence-corrected chi connectivity index (χ4v) is 9.44. The Balaban J connectivity index is 0.000000141. The molecule has 6 aliphatic rings. The Morgan fingerprint density at radius 1 is 0.614 bits per heavy atom. The molecule has 0 bridgehead atoms. The second-order valence-electron chi connectivity index (χ2n) is 17.0. The number of nitrogens with zero attached hydrogens (tertiary/aromatic N) is 2. The molecule has 6 fully saturated rings. The number of hydrogen-bond acceptors (Lipinski definition) is 10. The molecule has 2 aliphatic heterocycles. The van der Waals surface area contributed by atoms with E-state index in [-0.39, 0.29) is 23.5 Å². The van der Waals surface area contributed by atoms with Crippen molar-refractivity contribution in [2.45, 2.75) is 152 Å². The molecule has 4 saturated carbocycles. The first-order chi connectivity index (χ1) is 27.8. The summed E-state index contributed by atoms with van der Waals surface area (Å²) in [6.45, 7) is 6.96. The summed E-state index contributed by atoms with van der Waals surface area (Å²) in [6, 6.07) is 12.3. The number of fused-ring (bicyclic) bond motifs is 2. The number of halogens is 1. The van der Waals surface area contributed by atoms with Crippen LogP contribution in [0.3, 0.4) is 0 Å². The van der Waals surface area contributed by atoms with Crippen molar-refractivity contribution >= 4 is 33.2 Å². The molecule has 57 heavy (non-hydrogen) atoms. The van der Waals surface area contributed by atoms with Crippen molar-refractivity contribution in [2.24, 2.45) is 0 Å². The van der Waals surface area contributed by atoms with E-state index in [1.165, 1.54) is 60.9 Å². The first-order valence-corrected chi connectivity index (χ1v) is 21.6. The van der Waals surface area contributed by atoms with Crippen LogP contribution in [0.15, 0.2) is 48.8 Å². The molecule has 0 atom stereocenters. The van der Waals surface area contributed by atoms with Crippen LogP contribution in [0.5, 0.6) is 5.75 Å². The molecule has 308 valence electrons. The topological polar surface area (TPSA) is 116 Å². The minimum Gasteiger partial charge on any atom is -0.490 e. The number of aromatic nitrogens is 2. The Kier molecular flexibility index (Phi) is 12.8. The lowest BCUT2D eigenvalue weighted by molar-refractivity contribution is -0.178. The van der Waals surface area contributed by atoms with Crippen LogP contribution >= 0.6 is 0 Å². The number of aliphatic hydroxyl groups is 1. The van der Waals surface area contributed by atoms with E-state index in [2.05, 4.69) is 40.7 Å². The molecule has 10 rings (SSSR count). The molecule has 11 heteroatoms. The Morgan fingerprint density at radius 2 is 1.07 bits per heavy atom. The average Bonchev–Trinajstić information content (AvgIpc) is 4.08. The van der Waals surface area contributed by atoms with E-state index < -0.39 is 0 Å². The van der Waals surface area contributed by atoms with Crippen molar-refractivity contribution in [1.29, 1.82) is 0 Å². The van der Waals surface area contributed by atoms with E-state index in [4.69, 9.17) is 33.8 Å². The first kappa shape index (κ1) is 40.2. The summed E-state index contributed by atoms with van der Waals surface area (Å²) < 4.78 is 43.6. The molecule has 2 aromatic carbocycles. The maximum absolute atomic E-state index is 14.0. The third-order valence-electron chi connectivity index (χ3n) is 12.9. The third-order valence-corrected chi connectivity index (χ3v) is 12.9. The van der Waals surface area contributed by atoms with Gasteiger partial charge in [-0.3, -0.25) is 0 Å². The summed E-state index contributed by atoms with van der Waals surface area (Å²) in [4.78, 5) is 9.15. The summed E-state index contributed by atoms with van der Waals surface area (Å²) in [6.07, 6.45) is 21.3.